The highest BCUT2D eigenvalue weighted by Crippen LogP contribution is 2.21. The standard InChI is InChI=1S/C44H77NO5/c1-4-6-8-10-12-14-16-18-20-22-24-26-28-30-32-34-43(47)49-41-37-45(36-40(3)39-46)38-42(41)50-44(48)35-33-31-29-27-25-23-21-19-17-15-13-11-9-7-5-2/h12-15,18-21,40-42,46H,4-11,16-17,22-39H2,1-3H3/b14-12-,15-13-,20-18-,21-19-/t40?,41-,42-/m1/s1. The molecule has 1 saturated heterocycles. The molecule has 0 radical (unpaired) electrons. The molecule has 1 fully saturated rings. The first-order valence-electron chi connectivity index (χ1n) is 20.8. The van der Waals surface area contributed by atoms with Gasteiger partial charge in [-0.05, 0) is 83.0 Å². The summed E-state index contributed by atoms with van der Waals surface area (Å²) in [6, 6.07) is 0. The fraction of sp³-hybridized carbons (Fsp3) is 0.773. The highest BCUT2D eigenvalue weighted by Gasteiger charge is 2.38. The highest BCUT2D eigenvalue weighted by atomic mass is 16.6. The molecule has 0 aromatic heterocycles. The number of nitrogens with zero attached hydrogens (tertiary/aromatic N) is 1. The number of unbranched alkanes of at least 4 members (excludes halogenated alkanes) is 16. The number of hydrogen-bond donors (Lipinski definition) is 1. The first-order valence-corrected chi connectivity index (χ1v) is 20.8. The van der Waals surface area contributed by atoms with Gasteiger partial charge in [-0.3, -0.25) is 14.5 Å². The molecule has 1 unspecified atom stereocenters. The van der Waals surface area contributed by atoms with Crippen LogP contribution >= 0.6 is 0 Å². The van der Waals surface area contributed by atoms with Crippen molar-refractivity contribution in [1.29, 1.82) is 0 Å². The van der Waals surface area contributed by atoms with Gasteiger partial charge in [-0.25, -0.2) is 0 Å². The second-order valence-corrected chi connectivity index (χ2v) is 14.5. The predicted molar refractivity (Wildman–Crippen MR) is 211 cm³/mol. The van der Waals surface area contributed by atoms with Gasteiger partial charge in [0.1, 0.15) is 0 Å². The minimum atomic E-state index is -0.445. The van der Waals surface area contributed by atoms with Gasteiger partial charge in [0, 0.05) is 39.1 Å². The lowest BCUT2D eigenvalue weighted by Crippen LogP contribution is -2.33. The summed E-state index contributed by atoms with van der Waals surface area (Å²) in [5, 5.41) is 9.53. The molecule has 1 heterocycles. The largest absolute Gasteiger partial charge is 0.457 e. The Morgan fingerprint density at radius 3 is 1.32 bits per heavy atom. The van der Waals surface area contributed by atoms with Crippen molar-refractivity contribution in [3.8, 4) is 0 Å². The number of aliphatic hydroxyl groups is 1. The van der Waals surface area contributed by atoms with Gasteiger partial charge in [-0.1, -0.05) is 134 Å². The van der Waals surface area contributed by atoms with E-state index < -0.39 is 12.2 Å². The number of esters is 2. The number of aliphatic hydroxyl groups excluding tert-OH is 1. The summed E-state index contributed by atoms with van der Waals surface area (Å²) in [5.74, 6) is -0.291. The van der Waals surface area contributed by atoms with Crippen molar-refractivity contribution in [2.75, 3.05) is 26.2 Å². The van der Waals surface area contributed by atoms with Crippen LogP contribution in [0.25, 0.3) is 0 Å². The van der Waals surface area contributed by atoms with Crippen LogP contribution in [-0.2, 0) is 19.1 Å². The molecule has 0 aliphatic carbocycles. The Bertz CT molecular complexity index is 857. The highest BCUT2D eigenvalue weighted by molar-refractivity contribution is 5.70. The van der Waals surface area contributed by atoms with Gasteiger partial charge in [0.05, 0.1) is 0 Å². The molecule has 1 aliphatic rings. The molecule has 288 valence electrons. The van der Waals surface area contributed by atoms with E-state index in [-0.39, 0.29) is 24.5 Å². The monoisotopic (exact) mass is 700 g/mol. The lowest BCUT2D eigenvalue weighted by Gasteiger charge is -2.19. The summed E-state index contributed by atoms with van der Waals surface area (Å²) < 4.78 is 11.8. The maximum Gasteiger partial charge on any atom is 0.306 e. The molecule has 0 bridgehead atoms. The van der Waals surface area contributed by atoms with Crippen molar-refractivity contribution in [2.45, 2.75) is 187 Å². The van der Waals surface area contributed by atoms with Gasteiger partial charge in [0.25, 0.3) is 0 Å². The topological polar surface area (TPSA) is 76.1 Å². The molecule has 0 saturated carbocycles. The summed E-state index contributed by atoms with van der Waals surface area (Å²) >= 11 is 0. The minimum Gasteiger partial charge on any atom is -0.457 e. The van der Waals surface area contributed by atoms with E-state index in [0.29, 0.717) is 32.5 Å². The van der Waals surface area contributed by atoms with E-state index in [0.717, 1.165) is 64.2 Å². The summed E-state index contributed by atoms with van der Waals surface area (Å²) in [5.41, 5.74) is 0. The Morgan fingerprint density at radius 2 is 0.940 bits per heavy atom. The van der Waals surface area contributed by atoms with Gasteiger partial charge in [0.2, 0.25) is 0 Å². The number of ether oxygens (including phenoxy) is 2. The van der Waals surface area contributed by atoms with E-state index >= 15 is 0 Å². The van der Waals surface area contributed by atoms with Crippen molar-refractivity contribution in [1.82, 2.24) is 4.90 Å². The van der Waals surface area contributed by atoms with E-state index in [1.54, 1.807) is 0 Å². The van der Waals surface area contributed by atoms with Crippen LogP contribution in [0.1, 0.15) is 175 Å². The predicted octanol–water partition coefficient (Wildman–Crippen LogP) is 11.4. The zero-order chi connectivity index (χ0) is 36.3. The van der Waals surface area contributed by atoms with Crippen molar-refractivity contribution in [3.05, 3.63) is 48.6 Å². The van der Waals surface area contributed by atoms with Crippen LogP contribution in [0.2, 0.25) is 0 Å². The number of rotatable bonds is 33. The van der Waals surface area contributed by atoms with E-state index in [4.69, 9.17) is 9.47 Å². The van der Waals surface area contributed by atoms with E-state index in [2.05, 4.69) is 67.4 Å². The molecule has 1 rings (SSSR count). The van der Waals surface area contributed by atoms with Crippen LogP contribution in [0.15, 0.2) is 48.6 Å². The third-order valence-electron chi connectivity index (χ3n) is 9.40. The van der Waals surface area contributed by atoms with Crippen LogP contribution < -0.4 is 0 Å². The molecular formula is C44H77NO5. The second-order valence-electron chi connectivity index (χ2n) is 14.5. The zero-order valence-electron chi connectivity index (χ0n) is 32.7. The van der Waals surface area contributed by atoms with Gasteiger partial charge in [0.15, 0.2) is 12.2 Å². The van der Waals surface area contributed by atoms with E-state index in [1.165, 1.54) is 77.0 Å². The zero-order valence-corrected chi connectivity index (χ0v) is 32.7. The SMILES string of the molecule is CCCCC/C=C\C/C=C\CCCCCCCC(=O)O[C@@H]1CN(CC(C)CO)C[C@H]1OC(=O)CCCCCCC/C=C\C/C=C\CCCCC. The molecule has 1 N–H and O–H groups in total. The Hall–Kier alpha value is -2.18. The van der Waals surface area contributed by atoms with Crippen molar-refractivity contribution >= 4 is 11.9 Å². The smallest absolute Gasteiger partial charge is 0.306 e. The molecular weight excluding hydrogens is 622 g/mol. The van der Waals surface area contributed by atoms with Gasteiger partial charge in [-0.15, -0.1) is 0 Å². The summed E-state index contributed by atoms with van der Waals surface area (Å²) in [7, 11) is 0. The lowest BCUT2D eigenvalue weighted by atomic mass is 10.1. The fourth-order valence-electron chi connectivity index (χ4n) is 6.31. The van der Waals surface area contributed by atoms with Crippen LogP contribution in [0.3, 0.4) is 0 Å². The molecule has 0 aromatic rings. The maximum atomic E-state index is 12.7. The van der Waals surface area contributed by atoms with E-state index in [1.807, 2.05) is 6.92 Å². The normalized spacial score (nSPS) is 17.6. The van der Waals surface area contributed by atoms with Gasteiger partial charge < -0.3 is 14.6 Å². The van der Waals surface area contributed by atoms with Crippen molar-refractivity contribution in [2.24, 2.45) is 5.92 Å². The number of carbonyl (C=O) groups is 2. The fourth-order valence-corrected chi connectivity index (χ4v) is 6.31. The minimum absolute atomic E-state index is 0.102. The summed E-state index contributed by atoms with van der Waals surface area (Å²) in [6.45, 7) is 8.35. The number of likely N-dealkylation sites (tertiary alicyclic amines) is 1. The summed E-state index contributed by atoms with van der Waals surface area (Å²) in [6.07, 6.45) is 43.4. The lowest BCUT2D eigenvalue weighted by molar-refractivity contribution is -0.164. The van der Waals surface area contributed by atoms with Crippen molar-refractivity contribution in [3.63, 3.8) is 0 Å². The Labute approximate surface area is 308 Å². The number of allylic oxidation sites excluding steroid dienone is 8. The third-order valence-corrected chi connectivity index (χ3v) is 9.40. The quantitative estimate of drug-likeness (QED) is 0.0417. The molecule has 0 amide bonds. The molecule has 1 aliphatic heterocycles. The van der Waals surface area contributed by atoms with E-state index in [9.17, 15) is 14.7 Å². The molecule has 50 heavy (non-hydrogen) atoms. The van der Waals surface area contributed by atoms with Gasteiger partial charge in [-0.2, -0.15) is 0 Å². The molecule has 6 nitrogen and oxygen atoms in total. The van der Waals surface area contributed by atoms with Crippen LogP contribution in [0.5, 0.6) is 0 Å². The third kappa shape index (κ3) is 27.5. The molecule has 3 atom stereocenters. The average molecular weight is 700 g/mol. The molecule has 6 heteroatoms. The van der Waals surface area contributed by atoms with Crippen LogP contribution in [0, 0.1) is 5.92 Å². The second kappa shape index (κ2) is 33.9. The van der Waals surface area contributed by atoms with Crippen LogP contribution in [-0.4, -0.2) is 60.4 Å². The molecule has 0 spiro atoms. The average Bonchev–Trinajstić information content (AvgIpc) is 3.47. The molecule has 0 aromatic carbocycles. The number of carbonyl (C=O) groups excluding carboxylic acids is 2. The van der Waals surface area contributed by atoms with Gasteiger partial charge >= 0.3 is 11.9 Å². The van der Waals surface area contributed by atoms with Crippen LogP contribution in [0.4, 0.5) is 0 Å². The maximum absolute atomic E-state index is 12.7. The first kappa shape index (κ1) is 45.8. The summed E-state index contributed by atoms with van der Waals surface area (Å²) in [4.78, 5) is 27.6. The van der Waals surface area contributed by atoms with Crippen molar-refractivity contribution < 1.29 is 24.2 Å². The Morgan fingerprint density at radius 1 is 0.580 bits per heavy atom. The first-order chi connectivity index (χ1) is 24.5. The Balaban J connectivity index is 2.22. The number of hydrogen-bond acceptors (Lipinski definition) is 6. The Kier molecular flexibility index (Phi) is 31.1.